The number of carbonyl (C=O) groups is 1. The number of amides is 1. The van der Waals surface area contributed by atoms with Gasteiger partial charge in [0.05, 0.1) is 16.0 Å². The number of phenols is 1. The second-order valence-electron chi connectivity index (χ2n) is 7.26. The van der Waals surface area contributed by atoms with Crippen LogP contribution in [0.5, 0.6) is 5.75 Å². The fourth-order valence-electron chi connectivity index (χ4n) is 3.95. The highest BCUT2D eigenvalue weighted by atomic mass is 35.5. The smallest absolute Gasteiger partial charge is 0.227 e. The maximum absolute atomic E-state index is 12.6. The van der Waals surface area contributed by atoms with Gasteiger partial charge in [0.1, 0.15) is 5.75 Å². The average molecular weight is 386 g/mol. The Balaban J connectivity index is 1.60. The van der Waals surface area contributed by atoms with Gasteiger partial charge in [-0.15, -0.1) is 0 Å². The summed E-state index contributed by atoms with van der Waals surface area (Å²) in [6.45, 7) is 3.29. The predicted molar refractivity (Wildman–Crippen MR) is 100.0 cm³/mol. The second-order valence-corrected chi connectivity index (χ2v) is 8.08. The molecule has 2 heterocycles. The van der Waals surface area contributed by atoms with Crippen LogP contribution in [0, 0.1) is 11.8 Å². The van der Waals surface area contributed by atoms with E-state index < -0.39 is 0 Å². The summed E-state index contributed by atoms with van der Waals surface area (Å²) in [5.41, 5.74) is 7.00. The van der Waals surface area contributed by atoms with Crippen LogP contribution in [0.15, 0.2) is 12.1 Å². The monoisotopic (exact) mass is 385 g/mol. The summed E-state index contributed by atoms with van der Waals surface area (Å²) in [4.78, 5) is 16.8. The average Bonchev–Trinajstić information content (AvgIpc) is 3.03. The van der Waals surface area contributed by atoms with Crippen LogP contribution >= 0.6 is 23.2 Å². The summed E-state index contributed by atoms with van der Waals surface area (Å²) in [7, 11) is 2.06. The van der Waals surface area contributed by atoms with Crippen molar-refractivity contribution in [2.45, 2.75) is 25.3 Å². The van der Waals surface area contributed by atoms with E-state index in [1.807, 2.05) is 4.90 Å². The third kappa shape index (κ3) is 4.05. The molecule has 0 bridgehead atoms. The Morgan fingerprint density at radius 3 is 2.44 bits per heavy atom. The Kier molecular flexibility index (Phi) is 5.78. The van der Waals surface area contributed by atoms with Crippen LogP contribution in [0.2, 0.25) is 10.0 Å². The molecule has 1 aromatic carbocycles. The first-order valence-corrected chi connectivity index (χ1v) is 9.53. The number of hydrogen-bond donors (Lipinski definition) is 2. The number of likely N-dealkylation sites (tertiary alicyclic amines) is 2. The third-order valence-corrected chi connectivity index (χ3v) is 6.25. The minimum Gasteiger partial charge on any atom is -0.508 e. The zero-order valence-electron chi connectivity index (χ0n) is 14.4. The summed E-state index contributed by atoms with van der Waals surface area (Å²) >= 11 is 12.0. The van der Waals surface area contributed by atoms with E-state index in [0.717, 1.165) is 45.4 Å². The fraction of sp³-hybridized carbons (Fsp3) is 0.611. The molecule has 2 aliphatic rings. The number of benzene rings is 1. The molecule has 2 saturated heterocycles. The van der Waals surface area contributed by atoms with Crippen molar-refractivity contribution >= 4 is 29.1 Å². The molecule has 2 atom stereocenters. The molecule has 138 valence electrons. The van der Waals surface area contributed by atoms with E-state index >= 15 is 0 Å². The Morgan fingerprint density at radius 2 is 1.84 bits per heavy atom. The summed E-state index contributed by atoms with van der Waals surface area (Å²) in [5, 5.41) is 10.8. The number of nitrogens with two attached hydrogens (primary N) is 1. The number of carbonyl (C=O) groups excluding carboxylic acids is 1. The van der Waals surface area contributed by atoms with E-state index in [0.29, 0.717) is 15.6 Å². The highest BCUT2D eigenvalue weighted by Gasteiger charge is 2.33. The fourth-order valence-corrected chi connectivity index (χ4v) is 4.28. The molecule has 0 aliphatic carbocycles. The maximum Gasteiger partial charge on any atom is 0.227 e. The van der Waals surface area contributed by atoms with Crippen LogP contribution in [0.4, 0.5) is 0 Å². The molecular weight excluding hydrogens is 361 g/mol. The standard InChI is InChI=1S/C18H25Cl2N3O2/c1-22-5-2-12(10-22)18(25)23-6-3-11(4-7-23)17(21)13-8-14(19)15(20)9-16(13)24/h8-9,11-12,17,24H,2-7,10,21H2,1H3/t12-,17?/m1/s1. The van der Waals surface area contributed by atoms with E-state index in [-0.39, 0.29) is 29.5 Å². The molecule has 2 aliphatic heterocycles. The lowest BCUT2D eigenvalue weighted by Gasteiger charge is -2.36. The molecule has 3 N–H and O–H groups in total. The van der Waals surface area contributed by atoms with Crippen LogP contribution < -0.4 is 5.73 Å². The first kappa shape index (κ1) is 18.8. The van der Waals surface area contributed by atoms with Gasteiger partial charge in [0, 0.05) is 37.3 Å². The molecule has 1 aromatic rings. The SMILES string of the molecule is CN1CC[C@@H](C(=O)N2CCC(C(N)c3cc(Cl)c(Cl)cc3O)CC2)C1. The van der Waals surface area contributed by atoms with E-state index in [2.05, 4.69) is 11.9 Å². The Bertz CT molecular complexity index is 647. The lowest BCUT2D eigenvalue weighted by molar-refractivity contribution is -0.136. The van der Waals surface area contributed by atoms with E-state index in [9.17, 15) is 9.90 Å². The summed E-state index contributed by atoms with van der Waals surface area (Å²) in [6.07, 6.45) is 2.61. The van der Waals surface area contributed by atoms with Crippen molar-refractivity contribution in [3.63, 3.8) is 0 Å². The predicted octanol–water partition coefficient (Wildman–Crippen LogP) is 2.89. The van der Waals surface area contributed by atoms with Gasteiger partial charge in [0.2, 0.25) is 5.91 Å². The van der Waals surface area contributed by atoms with Crippen LogP contribution in [0.1, 0.15) is 30.9 Å². The van der Waals surface area contributed by atoms with Crippen molar-refractivity contribution in [2.75, 3.05) is 33.2 Å². The molecule has 0 radical (unpaired) electrons. The van der Waals surface area contributed by atoms with Crippen molar-refractivity contribution in [3.05, 3.63) is 27.7 Å². The zero-order valence-corrected chi connectivity index (χ0v) is 15.9. The van der Waals surface area contributed by atoms with Crippen molar-refractivity contribution in [1.29, 1.82) is 0 Å². The van der Waals surface area contributed by atoms with Gasteiger partial charge in [-0.05, 0) is 44.8 Å². The molecular formula is C18H25Cl2N3O2. The third-order valence-electron chi connectivity index (χ3n) is 5.53. The summed E-state index contributed by atoms with van der Waals surface area (Å²) in [5.74, 6) is 0.691. The van der Waals surface area contributed by atoms with Crippen LogP contribution in [-0.4, -0.2) is 54.0 Å². The zero-order chi connectivity index (χ0) is 18.1. The molecule has 3 rings (SSSR count). The highest BCUT2D eigenvalue weighted by Crippen LogP contribution is 2.38. The molecule has 0 saturated carbocycles. The van der Waals surface area contributed by atoms with E-state index in [1.165, 1.54) is 6.07 Å². The first-order valence-electron chi connectivity index (χ1n) is 8.77. The van der Waals surface area contributed by atoms with Gasteiger partial charge >= 0.3 is 0 Å². The van der Waals surface area contributed by atoms with E-state index in [4.69, 9.17) is 28.9 Å². The van der Waals surface area contributed by atoms with Gasteiger partial charge in [0.25, 0.3) is 0 Å². The second kappa shape index (κ2) is 7.70. The van der Waals surface area contributed by atoms with Crippen molar-refractivity contribution < 1.29 is 9.90 Å². The molecule has 7 heteroatoms. The van der Waals surface area contributed by atoms with Crippen molar-refractivity contribution in [1.82, 2.24) is 9.80 Å². The van der Waals surface area contributed by atoms with Crippen LogP contribution in [0.3, 0.4) is 0 Å². The first-order chi connectivity index (χ1) is 11.9. The molecule has 25 heavy (non-hydrogen) atoms. The van der Waals surface area contributed by atoms with Gasteiger partial charge in [0.15, 0.2) is 0 Å². The number of hydrogen-bond acceptors (Lipinski definition) is 4. The number of halogens is 2. The molecule has 5 nitrogen and oxygen atoms in total. The Hall–Kier alpha value is -1.01. The van der Waals surface area contributed by atoms with E-state index in [1.54, 1.807) is 6.07 Å². The Labute approximate surface area is 158 Å². The maximum atomic E-state index is 12.6. The highest BCUT2D eigenvalue weighted by molar-refractivity contribution is 6.42. The van der Waals surface area contributed by atoms with Crippen LogP contribution in [-0.2, 0) is 4.79 Å². The largest absolute Gasteiger partial charge is 0.508 e. The van der Waals surface area contributed by atoms with Gasteiger partial charge in [-0.2, -0.15) is 0 Å². The van der Waals surface area contributed by atoms with Gasteiger partial charge in [-0.3, -0.25) is 4.79 Å². The lowest BCUT2D eigenvalue weighted by Crippen LogP contribution is -2.44. The van der Waals surface area contributed by atoms with Gasteiger partial charge in [-0.1, -0.05) is 23.2 Å². The Morgan fingerprint density at radius 1 is 1.20 bits per heavy atom. The van der Waals surface area contributed by atoms with Crippen LogP contribution in [0.25, 0.3) is 0 Å². The summed E-state index contributed by atoms with van der Waals surface area (Å²) in [6, 6.07) is 2.77. The molecule has 2 fully saturated rings. The van der Waals surface area contributed by atoms with Gasteiger partial charge < -0.3 is 20.6 Å². The number of phenolic OH excluding ortho intramolecular Hbond substituents is 1. The number of aromatic hydroxyl groups is 1. The number of piperidine rings is 1. The molecule has 0 spiro atoms. The quantitative estimate of drug-likeness (QED) is 0.838. The molecule has 1 unspecified atom stereocenters. The summed E-state index contributed by atoms with van der Waals surface area (Å²) < 4.78 is 0. The molecule has 0 aromatic heterocycles. The minimum atomic E-state index is -0.315. The molecule has 1 amide bonds. The minimum absolute atomic E-state index is 0.0781. The van der Waals surface area contributed by atoms with Gasteiger partial charge in [-0.25, -0.2) is 0 Å². The normalized spacial score (nSPS) is 23.8. The number of nitrogens with zero attached hydrogens (tertiary/aromatic N) is 2. The topological polar surface area (TPSA) is 69.8 Å². The van der Waals surface area contributed by atoms with Crippen molar-refractivity contribution in [2.24, 2.45) is 17.6 Å². The van der Waals surface area contributed by atoms with Crippen molar-refractivity contribution in [3.8, 4) is 5.75 Å². The number of rotatable bonds is 3. The lowest BCUT2D eigenvalue weighted by atomic mass is 9.85.